The lowest BCUT2D eigenvalue weighted by Crippen LogP contribution is -2.27. The Labute approximate surface area is 336 Å². The van der Waals surface area contributed by atoms with Crippen LogP contribution < -0.4 is 4.90 Å². The van der Waals surface area contributed by atoms with E-state index >= 15 is 0 Å². The van der Waals surface area contributed by atoms with Crippen LogP contribution in [0.5, 0.6) is 0 Å². The minimum Gasteiger partial charge on any atom is -0.310 e. The van der Waals surface area contributed by atoms with Crippen LogP contribution in [0.2, 0.25) is 0 Å². The number of anilines is 3. The van der Waals surface area contributed by atoms with Crippen LogP contribution in [-0.2, 0) is 16.2 Å². The molecule has 8 aromatic rings. The Kier molecular flexibility index (Phi) is 7.15. The Bertz CT molecular complexity index is 2880. The number of rotatable bonds is 4. The zero-order valence-corrected chi connectivity index (χ0v) is 33.3. The number of hydrogen-bond acceptors (Lipinski definition) is 1. The van der Waals surface area contributed by atoms with E-state index in [0.29, 0.717) is 0 Å². The van der Waals surface area contributed by atoms with Crippen LogP contribution in [0.15, 0.2) is 182 Å². The normalized spacial score (nSPS) is 14.7. The quantitative estimate of drug-likeness (QED) is 0.174. The molecule has 0 N–H and O–H groups in total. The van der Waals surface area contributed by atoms with Crippen molar-refractivity contribution < 1.29 is 0 Å². The zero-order valence-electron chi connectivity index (χ0n) is 33.3. The van der Waals surface area contributed by atoms with E-state index in [1.54, 1.807) is 0 Å². The molecule has 274 valence electrons. The summed E-state index contributed by atoms with van der Waals surface area (Å²) < 4.78 is 0. The van der Waals surface area contributed by atoms with E-state index < -0.39 is 5.41 Å². The van der Waals surface area contributed by atoms with Gasteiger partial charge in [-0.1, -0.05) is 186 Å². The summed E-state index contributed by atoms with van der Waals surface area (Å²) in [6, 6.07) is 68.7. The largest absolute Gasteiger partial charge is 0.310 e. The van der Waals surface area contributed by atoms with Gasteiger partial charge in [0.05, 0.1) is 11.1 Å². The topological polar surface area (TPSA) is 3.24 Å². The maximum atomic E-state index is 2.53. The van der Waals surface area contributed by atoms with Crippen molar-refractivity contribution in [3.8, 4) is 44.5 Å². The van der Waals surface area contributed by atoms with Crippen molar-refractivity contribution in [3.63, 3.8) is 0 Å². The standard InChI is InChI=1S/C56H45N/c1-54(2,3)37-27-30-44-45-31-28-39(35-52(45)56(51(44)33-37)49-24-14-10-20-41(49)42-21-11-15-25-50(42)56)57(53-26-16-12-19-40(53)36-17-7-6-8-18-36)38-29-32-48-46(34-38)43-22-9-13-23-47(43)55(48,4)5/h6-35H,1-5H3. The molecule has 0 amide bonds. The number of benzene rings is 8. The molecule has 57 heavy (non-hydrogen) atoms. The predicted octanol–water partition coefficient (Wildman–Crippen LogP) is 14.8. The van der Waals surface area contributed by atoms with Crippen LogP contribution in [0.4, 0.5) is 17.1 Å². The second-order valence-corrected chi connectivity index (χ2v) is 17.7. The van der Waals surface area contributed by atoms with Gasteiger partial charge in [-0.3, -0.25) is 0 Å². The summed E-state index contributed by atoms with van der Waals surface area (Å²) in [5.74, 6) is 0. The average Bonchev–Trinajstić information content (AvgIpc) is 3.79. The maximum absolute atomic E-state index is 2.53. The van der Waals surface area contributed by atoms with Crippen LogP contribution in [0, 0.1) is 0 Å². The van der Waals surface area contributed by atoms with E-state index in [1.165, 1.54) is 83.5 Å². The van der Waals surface area contributed by atoms with Gasteiger partial charge in [0, 0.05) is 22.4 Å². The van der Waals surface area contributed by atoms with Gasteiger partial charge in [-0.05, 0) is 114 Å². The number of hydrogen-bond donors (Lipinski definition) is 0. The second kappa shape index (κ2) is 12.0. The van der Waals surface area contributed by atoms with Gasteiger partial charge in [0.2, 0.25) is 0 Å². The molecule has 3 aliphatic carbocycles. The van der Waals surface area contributed by atoms with E-state index in [0.717, 1.165) is 17.1 Å². The van der Waals surface area contributed by atoms with E-state index in [4.69, 9.17) is 0 Å². The lowest BCUT2D eigenvalue weighted by molar-refractivity contribution is 0.588. The average molecular weight is 732 g/mol. The van der Waals surface area contributed by atoms with Crippen molar-refractivity contribution in [2.75, 3.05) is 4.90 Å². The van der Waals surface area contributed by atoms with Crippen molar-refractivity contribution in [2.24, 2.45) is 0 Å². The van der Waals surface area contributed by atoms with Gasteiger partial charge in [-0.25, -0.2) is 0 Å². The number of fused-ring (bicyclic) bond motifs is 13. The fraction of sp³-hybridized carbons (Fsp3) is 0.143. The van der Waals surface area contributed by atoms with Gasteiger partial charge in [-0.2, -0.15) is 0 Å². The maximum Gasteiger partial charge on any atom is 0.0726 e. The Morgan fingerprint density at radius 2 is 0.842 bits per heavy atom. The zero-order chi connectivity index (χ0) is 38.7. The summed E-state index contributed by atoms with van der Waals surface area (Å²) in [7, 11) is 0. The van der Waals surface area contributed by atoms with Crippen LogP contribution in [0.1, 0.15) is 73.6 Å². The van der Waals surface area contributed by atoms with E-state index in [1.807, 2.05) is 0 Å². The summed E-state index contributed by atoms with van der Waals surface area (Å²) in [5, 5.41) is 0. The molecular formula is C56H45N. The van der Waals surface area contributed by atoms with E-state index in [-0.39, 0.29) is 10.8 Å². The van der Waals surface area contributed by atoms with Crippen molar-refractivity contribution >= 4 is 17.1 Å². The molecule has 0 bridgehead atoms. The molecule has 1 nitrogen and oxygen atoms in total. The molecule has 0 saturated heterocycles. The predicted molar refractivity (Wildman–Crippen MR) is 239 cm³/mol. The van der Waals surface area contributed by atoms with Gasteiger partial charge < -0.3 is 4.90 Å². The van der Waals surface area contributed by atoms with Gasteiger partial charge in [0.15, 0.2) is 0 Å². The lowest BCUT2D eigenvalue weighted by Gasteiger charge is -2.33. The van der Waals surface area contributed by atoms with Crippen LogP contribution in [0.3, 0.4) is 0 Å². The summed E-state index contributed by atoms with van der Waals surface area (Å²) in [6.45, 7) is 11.7. The molecule has 0 aliphatic heterocycles. The Morgan fingerprint density at radius 1 is 0.368 bits per heavy atom. The van der Waals surface area contributed by atoms with Gasteiger partial charge in [-0.15, -0.1) is 0 Å². The molecule has 0 radical (unpaired) electrons. The molecule has 0 fully saturated rings. The summed E-state index contributed by atoms with van der Waals surface area (Å²) in [6.07, 6.45) is 0. The molecular weight excluding hydrogens is 687 g/mol. The SMILES string of the molecule is CC(C)(C)c1ccc2c(c1)C1(c3ccccc3-c3ccccc31)c1cc(N(c3ccc4c(c3)-c3ccccc3C4(C)C)c3ccccc3-c3ccccc3)ccc1-2. The Hall–Kier alpha value is -6.44. The molecule has 8 aromatic carbocycles. The highest BCUT2D eigenvalue weighted by Crippen LogP contribution is 2.64. The van der Waals surface area contributed by atoms with Crippen LogP contribution in [-0.4, -0.2) is 0 Å². The minimum atomic E-state index is -0.458. The van der Waals surface area contributed by atoms with Gasteiger partial charge in [0.1, 0.15) is 0 Å². The molecule has 0 aromatic heterocycles. The smallest absolute Gasteiger partial charge is 0.0726 e. The molecule has 0 atom stereocenters. The summed E-state index contributed by atoms with van der Waals surface area (Å²) in [5.41, 5.74) is 22.8. The van der Waals surface area contributed by atoms with Gasteiger partial charge in [0.25, 0.3) is 0 Å². The Morgan fingerprint density at radius 3 is 1.51 bits per heavy atom. The highest BCUT2D eigenvalue weighted by atomic mass is 15.1. The molecule has 1 heteroatoms. The fourth-order valence-corrected chi connectivity index (χ4v) is 10.5. The van der Waals surface area contributed by atoms with Crippen LogP contribution >= 0.6 is 0 Å². The third-order valence-corrected chi connectivity index (χ3v) is 13.3. The van der Waals surface area contributed by atoms with E-state index in [2.05, 4.69) is 222 Å². The third-order valence-electron chi connectivity index (χ3n) is 13.3. The minimum absolute atomic E-state index is 0.00644. The van der Waals surface area contributed by atoms with Crippen molar-refractivity contribution in [1.82, 2.24) is 0 Å². The molecule has 1 spiro atoms. The monoisotopic (exact) mass is 731 g/mol. The molecule has 0 unspecified atom stereocenters. The first kappa shape index (κ1) is 33.9. The molecule has 0 saturated carbocycles. The van der Waals surface area contributed by atoms with Crippen molar-refractivity contribution in [2.45, 2.75) is 50.9 Å². The number of para-hydroxylation sites is 1. The first-order valence-corrected chi connectivity index (χ1v) is 20.4. The fourth-order valence-electron chi connectivity index (χ4n) is 10.5. The first-order chi connectivity index (χ1) is 27.7. The summed E-state index contributed by atoms with van der Waals surface area (Å²) >= 11 is 0. The van der Waals surface area contributed by atoms with Crippen LogP contribution in [0.25, 0.3) is 44.5 Å². The van der Waals surface area contributed by atoms with E-state index in [9.17, 15) is 0 Å². The second-order valence-electron chi connectivity index (χ2n) is 17.7. The first-order valence-electron chi connectivity index (χ1n) is 20.4. The van der Waals surface area contributed by atoms with Crippen molar-refractivity contribution in [3.05, 3.63) is 221 Å². The molecule has 0 heterocycles. The highest BCUT2D eigenvalue weighted by Gasteiger charge is 2.52. The highest BCUT2D eigenvalue weighted by molar-refractivity contribution is 5.98. The Balaban J connectivity index is 1.21. The lowest BCUT2D eigenvalue weighted by atomic mass is 9.69. The molecule has 11 rings (SSSR count). The summed E-state index contributed by atoms with van der Waals surface area (Å²) in [4.78, 5) is 2.51. The van der Waals surface area contributed by atoms with Gasteiger partial charge >= 0.3 is 0 Å². The van der Waals surface area contributed by atoms with Crippen molar-refractivity contribution in [1.29, 1.82) is 0 Å². The molecule has 3 aliphatic rings. The third kappa shape index (κ3) is 4.69. The number of nitrogens with zero attached hydrogens (tertiary/aromatic N) is 1.